The van der Waals surface area contributed by atoms with Crippen molar-refractivity contribution in [3.05, 3.63) is 64.2 Å². The van der Waals surface area contributed by atoms with Crippen LogP contribution in [0.15, 0.2) is 42.5 Å². The zero-order valence-electron chi connectivity index (χ0n) is 14.6. The number of carbonyl (C=O) groups is 1. The fourth-order valence-corrected chi connectivity index (χ4v) is 3.65. The summed E-state index contributed by atoms with van der Waals surface area (Å²) in [5.41, 5.74) is 9.35. The summed E-state index contributed by atoms with van der Waals surface area (Å²) in [7, 11) is 4.06. The Morgan fingerprint density at radius 1 is 1.24 bits per heavy atom. The predicted molar refractivity (Wildman–Crippen MR) is 103 cm³/mol. The molecule has 1 aliphatic carbocycles. The van der Waals surface area contributed by atoms with Gasteiger partial charge in [0.25, 0.3) is 0 Å². The largest absolute Gasteiger partial charge is 0.382 e. The molecular weight excluding hydrogens is 334 g/mol. The minimum Gasteiger partial charge on any atom is -0.382 e. The Morgan fingerprint density at radius 2 is 1.96 bits per heavy atom. The Hall–Kier alpha value is -2.04. The van der Waals surface area contributed by atoms with E-state index in [1.54, 1.807) is 6.07 Å². The summed E-state index contributed by atoms with van der Waals surface area (Å²) in [6.07, 6.45) is 2.07. The number of rotatable bonds is 6. The SMILES string of the molecule is CN(C)Cc1ccc(C(N)=O)cc1NC1CC(c2ccccc2Cl)C1. The van der Waals surface area contributed by atoms with E-state index in [9.17, 15) is 4.79 Å². The van der Waals surface area contributed by atoms with Crippen LogP contribution in [0.25, 0.3) is 0 Å². The van der Waals surface area contributed by atoms with Crippen molar-refractivity contribution in [3.63, 3.8) is 0 Å². The van der Waals surface area contributed by atoms with Crippen LogP contribution < -0.4 is 11.1 Å². The molecule has 2 aromatic carbocycles. The molecule has 1 amide bonds. The highest BCUT2D eigenvalue weighted by Gasteiger charge is 2.31. The average molecular weight is 358 g/mol. The lowest BCUT2D eigenvalue weighted by Crippen LogP contribution is -2.34. The van der Waals surface area contributed by atoms with Gasteiger partial charge in [-0.25, -0.2) is 0 Å². The molecule has 3 rings (SSSR count). The third kappa shape index (κ3) is 4.14. The lowest BCUT2D eigenvalue weighted by molar-refractivity contribution is 0.100. The number of nitrogens with zero attached hydrogens (tertiary/aromatic N) is 1. The molecule has 0 bridgehead atoms. The van der Waals surface area contributed by atoms with Crippen LogP contribution in [0, 0.1) is 0 Å². The minimum atomic E-state index is -0.401. The summed E-state index contributed by atoms with van der Waals surface area (Å²) in [6, 6.07) is 14.1. The van der Waals surface area contributed by atoms with Gasteiger partial charge in [0.1, 0.15) is 0 Å². The fourth-order valence-electron chi connectivity index (χ4n) is 3.36. The van der Waals surface area contributed by atoms with Gasteiger partial charge in [-0.1, -0.05) is 35.9 Å². The number of nitrogens with two attached hydrogens (primary N) is 1. The maximum absolute atomic E-state index is 11.5. The van der Waals surface area contributed by atoms with Crippen molar-refractivity contribution >= 4 is 23.2 Å². The summed E-state index contributed by atoms with van der Waals surface area (Å²) >= 11 is 6.30. The second-order valence-corrected chi connectivity index (χ2v) is 7.41. The number of carbonyl (C=O) groups excluding carboxylic acids is 1. The van der Waals surface area contributed by atoms with Crippen molar-refractivity contribution in [2.75, 3.05) is 19.4 Å². The minimum absolute atomic E-state index is 0.380. The third-order valence-corrected chi connectivity index (χ3v) is 5.07. The molecule has 1 saturated carbocycles. The number of hydrogen-bond donors (Lipinski definition) is 2. The molecule has 0 aliphatic heterocycles. The topological polar surface area (TPSA) is 58.4 Å². The molecule has 1 fully saturated rings. The number of halogens is 1. The lowest BCUT2D eigenvalue weighted by Gasteiger charge is -2.38. The number of benzene rings is 2. The van der Waals surface area contributed by atoms with Crippen LogP contribution in [0.3, 0.4) is 0 Å². The van der Waals surface area contributed by atoms with Gasteiger partial charge in [0, 0.05) is 28.9 Å². The highest BCUT2D eigenvalue weighted by atomic mass is 35.5. The molecule has 1 aliphatic rings. The van der Waals surface area contributed by atoms with Gasteiger partial charge in [0.05, 0.1) is 0 Å². The molecule has 25 heavy (non-hydrogen) atoms. The number of hydrogen-bond acceptors (Lipinski definition) is 3. The standard InChI is InChI=1S/C20H24ClN3O/c1-24(2)12-14-8-7-13(20(22)25)11-19(14)23-16-9-15(10-16)17-5-3-4-6-18(17)21/h3-8,11,15-16,23H,9-10,12H2,1-2H3,(H2,22,25). The Morgan fingerprint density at radius 3 is 2.60 bits per heavy atom. The van der Waals surface area contributed by atoms with Gasteiger partial charge in [-0.3, -0.25) is 4.79 Å². The van der Waals surface area contributed by atoms with Gasteiger partial charge in [-0.2, -0.15) is 0 Å². The van der Waals surface area contributed by atoms with Gasteiger partial charge < -0.3 is 16.0 Å². The van der Waals surface area contributed by atoms with Gasteiger partial charge >= 0.3 is 0 Å². The van der Waals surface area contributed by atoms with E-state index in [2.05, 4.69) is 16.3 Å². The molecule has 0 heterocycles. The Kier molecular flexibility index (Phi) is 5.30. The molecule has 5 heteroatoms. The van der Waals surface area contributed by atoms with E-state index < -0.39 is 5.91 Å². The Balaban J connectivity index is 1.71. The summed E-state index contributed by atoms with van der Waals surface area (Å²) < 4.78 is 0. The quantitative estimate of drug-likeness (QED) is 0.825. The number of primary amides is 1. The molecule has 0 radical (unpaired) electrons. The first-order chi connectivity index (χ1) is 11.9. The zero-order valence-corrected chi connectivity index (χ0v) is 15.4. The molecular formula is C20H24ClN3O. The van der Waals surface area contributed by atoms with E-state index in [1.165, 1.54) is 5.56 Å². The number of amides is 1. The highest BCUT2D eigenvalue weighted by molar-refractivity contribution is 6.31. The number of nitrogens with one attached hydrogen (secondary N) is 1. The smallest absolute Gasteiger partial charge is 0.248 e. The maximum Gasteiger partial charge on any atom is 0.248 e. The van der Waals surface area contributed by atoms with E-state index >= 15 is 0 Å². The second-order valence-electron chi connectivity index (χ2n) is 7.01. The lowest BCUT2D eigenvalue weighted by atomic mass is 9.75. The van der Waals surface area contributed by atoms with Crippen molar-refractivity contribution in [1.82, 2.24) is 4.90 Å². The normalized spacial score (nSPS) is 19.5. The van der Waals surface area contributed by atoms with Crippen molar-refractivity contribution in [2.24, 2.45) is 5.73 Å². The van der Waals surface area contributed by atoms with Gasteiger partial charge in [0.2, 0.25) is 5.91 Å². The van der Waals surface area contributed by atoms with Crippen LogP contribution in [0.5, 0.6) is 0 Å². The average Bonchev–Trinajstić information content (AvgIpc) is 2.52. The van der Waals surface area contributed by atoms with E-state index in [1.807, 2.05) is 44.4 Å². The summed E-state index contributed by atoms with van der Waals surface area (Å²) in [5.74, 6) is 0.0878. The maximum atomic E-state index is 11.5. The third-order valence-electron chi connectivity index (χ3n) is 4.72. The molecule has 0 saturated heterocycles. The van der Waals surface area contributed by atoms with Gasteiger partial charge in [0.15, 0.2) is 0 Å². The predicted octanol–water partition coefficient (Wildman–Crippen LogP) is 3.86. The van der Waals surface area contributed by atoms with Crippen molar-refractivity contribution in [2.45, 2.75) is 31.3 Å². The number of anilines is 1. The molecule has 4 nitrogen and oxygen atoms in total. The molecule has 2 aromatic rings. The fraction of sp³-hybridized carbons (Fsp3) is 0.350. The van der Waals surface area contributed by atoms with E-state index in [4.69, 9.17) is 17.3 Å². The van der Waals surface area contributed by atoms with Crippen molar-refractivity contribution in [3.8, 4) is 0 Å². The molecule has 3 N–H and O–H groups in total. The molecule has 0 atom stereocenters. The summed E-state index contributed by atoms with van der Waals surface area (Å²) in [4.78, 5) is 13.6. The van der Waals surface area contributed by atoms with E-state index in [0.717, 1.165) is 35.7 Å². The molecule has 0 unspecified atom stereocenters. The second kappa shape index (κ2) is 7.46. The zero-order chi connectivity index (χ0) is 18.0. The Bertz CT molecular complexity index is 769. The van der Waals surface area contributed by atoms with Crippen LogP contribution in [0.2, 0.25) is 5.02 Å². The molecule has 0 spiro atoms. The monoisotopic (exact) mass is 357 g/mol. The van der Waals surface area contributed by atoms with Crippen LogP contribution >= 0.6 is 11.6 Å². The van der Waals surface area contributed by atoms with E-state index in [-0.39, 0.29) is 0 Å². The summed E-state index contributed by atoms with van der Waals surface area (Å²) in [5, 5.41) is 4.43. The first-order valence-electron chi connectivity index (χ1n) is 8.52. The highest BCUT2D eigenvalue weighted by Crippen LogP contribution is 2.41. The molecule has 132 valence electrons. The van der Waals surface area contributed by atoms with Crippen LogP contribution in [0.1, 0.15) is 40.2 Å². The molecule has 0 aromatic heterocycles. The summed E-state index contributed by atoms with van der Waals surface area (Å²) in [6.45, 7) is 0.808. The Labute approximate surface area is 154 Å². The first-order valence-corrected chi connectivity index (χ1v) is 8.90. The van der Waals surface area contributed by atoms with Crippen LogP contribution in [0.4, 0.5) is 5.69 Å². The van der Waals surface area contributed by atoms with Gasteiger partial charge in [-0.05, 0) is 62.2 Å². The van der Waals surface area contributed by atoms with Crippen molar-refractivity contribution < 1.29 is 4.79 Å². The first kappa shape index (κ1) is 17.8. The van der Waals surface area contributed by atoms with Gasteiger partial charge in [-0.15, -0.1) is 0 Å². The van der Waals surface area contributed by atoms with Crippen LogP contribution in [-0.4, -0.2) is 30.9 Å². The van der Waals surface area contributed by atoms with Crippen molar-refractivity contribution in [1.29, 1.82) is 0 Å². The van der Waals surface area contributed by atoms with E-state index in [0.29, 0.717) is 17.5 Å². The van der Waals surface area contributed by atoms with Crippen LogP contribution in [-0.2, 0) is 6.54 Å².